The Balaban J connectivity index is 3.00. The minimum atomic E-state index is -0.163. The minimum absolute atomic E-state index is 0.0565. The molecular formula is C17H32N2O2S2. The normalized spacial score (nSPS) is 25.8. The fourth-order valence-corrected chi connectivity index (χ4v) is 4.44. The summed E-state index contributed by atoms with van der Waals surface area (Å²) in [5.74, 6) is 1.14. The van der Waals surface area contributed by atoms with Gasteiger partial charge in [0.15, 0.2) is 0 Å². The summed E-state index contributed by atoms with van der Waals surface area (Å²) in [6.07, 6.45) is 1.39. The van der Waals surface area contributed by atoms with Crippen LogP contribution >= 0.6 is 23.5 Å². The molecule has 0 bridgehead atoms. The molecule has 2 atom stereocenters. The van der Waals surface area contributed by atoms with Crippen molar-refractivity contribution in [3.8, 4) is 0 Å². The van der Waals surface area contributed by atoms with E-state index < -0.39 is 0 Å². The van der Waals surface area contributed by atoms with E-state index in [0.717, 1.165) is 11.5 Å². The molecule has 2 N–H and O–H groups in total. The van der Waals surface area contributed by atoms with E-state index in [1.54, 1.807) is 23.5 Å². The Morgan fingerprint density at radius 1 is 0.957 bits per heavy atom. The Morgan fingerprint density at radius 2 is 1.48 bits per heavy atom. The van der Waals surface area contributed by atoms with Crippen molar-refractivity contribution in [2.24, 2.45) is 22.7 Å². The van der Waals surface area contributed by atoms with Gasteiger partial charge >= 0.3 is 0 Å². The molecule has 1 rings (SSSR count). The van der Waals surface area contributed by atoms with E-state index >= 15 is 0 Å². The second-order valence-electron chi connectivity index (χ2n) is 8.51. The molecule has 6 heteroatoms. The first kappa shape index (κ1) is 20.7. The summed E-state index contributed by atoms with van der Waals surface area (Å²) < 4.78 is 0. The van der Waals surface area contributed by atoms with Crippen LogP contribution in [0.25, 0.3) is 0 Å². The summed E-state index contributed by atoms with van der Waals surface area (Å²) in [6.45, 7) is 12.7. The molecule has 0 aromatic rings. The molecule has 1 aliphatic heterocycles. The van der Waals surface area contributed by atoms with Crippen LogP contribution in [0, 0.1) is 22.7 Å². The Bertz CT molecular complexity index is 414. The maximum Gasteiger partial charge on any atom is 0.224 e. The molecule has 23 heavy (non-hydrogen) atoms. The largest absolute Gasteiger partial charge is 0.347 e. The van der Waals surface area contributed by atoms with Crippen molar-refractivity contribution >= 4 is 35.3 Å². The Kier molecular flexibility index (Phi) is 7.78. The van der Waals surface area contributed by atoms with Crippen LogP contribution in [-0.2, 0) is 9.59 Å². The molecule has 134 valence electrons. The predicted molar refractivity (Wildman–Crippen MR) is 101 cm³/mol. The van der Waals surface area contributed by atoms with E-state index in [0.29, 0.717) is 18.2 Å². The maximum absolute atomic E-state index is 12.6. The quantitative estimate of drug-likeness (QED) is 0.749. The molecule has 0 spiro atoms. The molecule has 0 aliphatic carbocycles. The topological polar surface area (TPSA) is 58.2 Å². The van der Waals surface area contributed by atoms with Crippen LogP contribution in [0.3, 0.4) is 0 Å². The first-order valence-electron chi connectivity index (χ1n) is 8.21. The maximum atomic E-state index is 12.6. The van der Waals surface area contributed by atoms with Crippen LogP contribution in [0.4, 0.5) is 0 Å². The van der Waals surface area contributed by atoms with Crippen LogP contribution in [0.5, 0.6) is 0 Å². The number of carbonyl (C=O) groups is 2. The van der Waals surface area contributed by atoms with E-state index in [9.17, 15) is 9.59 Å². The summed E-state index contributed by atoms with van der Waals surface area (Å²) in [5.41, 5.74) is -0.106. The van der Waals surface area contributed by atoms with Crippen molar-refractivity contribution in [3.63, 3.8) is 0 Å². The van der Waals surface area contributed by atoms with Crippen molar-refractivity contribution in [1.82, 2.24) is 10.6 Å². The second kappa shape index (κ2) is 8.65. The lowest BCUT2D eigenvalue weighted by molar-refractivity contribution is -0.131. The van der Waals surface area contributed by atoms with Gasteiger partial charge in [-0.25, -0.2) is 0 Å². The molecule has 0 radical (unpaired) electrons. The zero-order valence-electron chi connectivity index (χ0n) is 15.3. The average Bonchev–Trinajstić information content (AvgIpc) is 2.37. The van der Waals surface area contributed by atoms with Gasteiger partial charge in [-0.15, -0.1) is 23.5 Å². The van der Waals surface area contributed by atoms with Crippen LogP contribution in [0.2, 0.25) is 0 Å². The highest BCUT2D eigenvalue weighted by Crippen LogP contribution is 2.36. The second-order valence-corrected chi connectivity index (χ2v) is 10.8. The highest BCUT2D eigenvalue weighted by atomic mass is 32.2. The molecule has 2 unspecified atom stereocenters. The minimum Gasteiger partial charge on any atom is -0.347 e. The summed E-state index contributed by atoms with van der Waals surface area (Å²) >= 11 is 3.35. The molecule has 1 saturated heterocycles. The van der Waals surface area contributed by atoms with Crippen LogP contribution in [0.15, 0.2) is 0 Å². The van der Waals surface area contributed by atoms with Crippen molar-refractivity contribution in [1.29, 1.82) is 0 Å². The lowest BCUT2D eigenvalue weighted by Gasteiger charge is -2.34. The fraction of sp³-hybridized carbons (Fsp3) is 0.882. The van der Waals surface area contributed by atoms with Crippen LogP contribution in [0.1, 0.15) is 54.4 Å². The number of carbonyl (C=O) groups excluding carboxylic acids is 2. The number of hydrogen-bond acceptors (Lipinski definition) is 4. The Hall–Kier alpha value is -0.360. The molecule has 1 heterocycles. The molecule has 4 nitrogen and oxygen atoms in total. The van der Waals surface area contributed by atoms with Gasteiger partial charge in [0.25, 0.3) is 0 Å². The number of thioether (sulfide) groups is 2. The summed E-state index contributed by atoms with van der Waals surface area (Å²) in [5, 5.41) is 6.94. The summed E-state index contributed by atoms with van der Waals surface area (Å²) in [4.78, 5) is 25.3. The zero-order chi connectivity index (χ0) is 17.7. The average molecular weight is 361 g/mol. The van der Waals surface area contributed by atoms with Gasteiger partial charge in [0.05, 0.1) is 11.8 Å². The first-order valence-corrected chi connectivity index (χ1v) is 10.5. The molecule has 0 aromatic carbocycles. The Labute approximate surface area is 149 Å². The van der Waals surface area contributed by atoms with Crippen molar-refractivity contribution in [2.75, 3.05) is 16.8 Å². The molecule has 0 saturated carbocycles. The SMILES string of the molecule is CC(C)(C)CC1CC(C(C)(C)C)C(=O)NCSCSCNC1=O. The van der Waals surface area contributed by atoms with Gasteiger partial charge in [-0.3, -0.25) is 9.59 Å². The zero-order valence-corrected chi connectivity index (χ0v) is 17.0. The number of hydrogen-bond donors (Lipinski definition) is 2. The third kappa shape index (κ3) is 7.84. The smallest absolute Gasteiger partial charge is 0.224 e. The molecule has 2 amide bonds. The monoisotopic (exact) mass is 360 g/mol. The van der Waals surface area contributed by atoms with Crippen LogP contribution < -0.4 is 10.6 Å². The number of rotatable bonds is 1. The van der Waals surface area contributed by atoms with Crippen molar-refractivity contribution in [3.05, 3.63) is 0 Å². The molecular weight excluding hydrogens is 328 g/mol. The van der Waals surface area contributed by atoms with Crippen LogP contribution in [-0.4, -0.2) is 28.7 Å². The van der Waals surface area contributed by atoms with E-state index in [-0.39, 0.29) is 34.5 Å². The molecule has 1 fully saturated rings. The first-order chi connectivity index (χ1) is 10.5. The number of amides is 2. The summed E-state index contributed by atoms with van der Waals surface area (Å²) in [7, 11) is 0. The van der Waals surface area contributed by atoms with Gasteiger partial charge in [-0.2, -0.15) is 0 Å². The summed E-state index contributed by atoms with van der Waals surface area (Å²) in [6, 6.07) is 0. The highest BCUT2D eigenvalue weighted by Gasteiger charge is 2.36. The van der Waals surface area contributed by atoms with E-state index in [1.807, 2.05) is 0 Å². The van der Waals surface area contributed by atoms with Crippen molar-refractivity contribution < 1.29 is 9.59 Å². The predicted octanol–water partition coefficient (Wildman–Crippen LogP) is 3.68. The van der Waals surface area contributed by atoms with Gasteiger partial charge in [0.1, 0.15) is 0 Å². The lowest BCUT2D eigenvalue weighted by Crippen LogP contribution is -2.42. The third-order valence-electron chi connectivity index (χ3n) is 3.98. The number of nitrogens with one attached hydrogen (secondary N) is 2. The van der Waals surface area contributed by atoms with Gasteiger partial charge in [0.2, 0.25) is 11.8 Å². The standard InChI is InChI=1S/C17H32N2O2S2/c1-16(2,3)8-12-7-13(17(4,5)6)15(21)19-10-23-11-22-9-18-14(12)20/h12-13H,7-11H2,1-6H3,(H,18,20)(H,19,21). The third-order valence-corrected chi connectivity index (χ3v) is 6.01. The van der Waals surface area contributed by atoms with E-state index in [4.69, 9.17) is 0 Å². The molecule has 0 aromatic heterocycles. The van der Waals surface area contributed by atoms with Gasteiger partial charge in [0, 0.05) is 16.9 Å². The molecule has 1 aliphatic rings. The van der Waals surface area contributed by atoms with Gasteiger partial charge in [-0.1, -0.05) is 41.5 Å². The van der Waals surface area contributed by atoms with E-state index in [2.05, 4.69) is 52.2 Å². The van der Waals surface area contributed by atoms with E-state index in [1.165, 1.54) is 0 Å². The van der Waals surface area contributed by atoms with Crippen molar-refractivity contribution in [2.45, 2.75) is 54.4 Å². The fourth-order valence-electron chi connectivity index (χ4n) is 2.81. The Morgan fingerprint density at radius 3 is 1.96 bits per heavy atom. The van der Waals surface area contributed by atoms with Gasteiger partial charge in [-0.05, 0) is 23.7 Å². The lowest BCUT2D eigenvalue weighted by atomic mass is 9.72. The van der Waals surface area contributed by atoms with Gasteiger partial charge < -0.3 is 10.6 Å². The highest BCUT2D eigenvalue weighted by molar-refractivity contribution is 8.15.